The molecule has 2 aliphatic rings. The van der Waals surface area contributed by atoms with Crippen molar-refractivity contribution in [1.29, 1.82) is 0 Å². The maximum Gasteiger partial charge on any atom is 0.0645 e. The van der Waals surface area contributed by atoms with Gasteiger partial charge in [0.25, 0.3) is 0 Å². The summed E-state index contributed by atoms with van der Waals surface area (Å²) in [6.45, 7) is 9.59. The van der Waals surface area contributed by atoms with Crippen LogP contribution in [0.1, 0.15) is 11.3 Å². The first-order chi connectivity index (χ1) is 8.81. The molecule has 3 heterocycles. The Kier molecular flexibility index (Phi) is 3.59. The molecule has 0 aliphatic carbocycles. The standard InChI is InChI=1S/C14H21N3O/c1-12-2-3-13(8-15-12)9-16-4-6-17(7-5-16)14-10-18-11-14/h2-3,8,14H,4-7,9-11H2,1H3. The molecule has 0 aromatic carbocycles. The van der Waals surface area contributed by atoms with Crippen LogP contribution >= 0.6 is 0 Å². The fraction of sp³-hybridized carbons (Fsp3) is 0.643. The smallest absolute Gasteiger partial charge is 0.0645 e. The molecule has 2 aliphatic heterocycles. The molecule has 0 N–H and O–H groups in total. The molecule has 0 amide bonds. The summed E-state index contributed by atoms with van der Waals surface area (Å²) < 4.78 is 5.26. The summed E-state index contributed by atoms with van der Waals surface area (Å²) in [5, 5.41) is 0. The summed E-state index contributed by atoms with van der Waals surface area (Å²) in [7, 11) is 0. The summed E-state index contributed by atoms with van der Waals surface area (Å²) in [6.07, 6.45) is 2.00. The van der Waals surface area contributed by atoms with Crippen LogP contribution in [0.15, 0.2) is 18.3 Å². The molecule has 0 saturated carbocycles. The number of pyridine rings is 1. The predicted octanol–water partition coefficient (Wildman–Crippen LogP) is 0.906. The molecule has 0 atom stereocenters. The number of rotatable bonds is 3. The SMILES string of the molecule is Cc1ccc(CN2CCN(C3COC3)CC2)cn1. The topological polar surface area (TPSA) is 28.6 Å². The van der Waals surface area contributed by atoms with E-state index in [1.807, 2.05) is 13.1 Å². The lowest BCUT2D eigenvalue weighted by molar-refractivity contribution is -0.0774. The zero-order chi connectivity index (χ0) is 12.4. The van der Waals surface area contributed by atoms with Gasteiger partial charge in [0.05, 0.1) is 19.3 Å². The van der Waals surface area contributed by atoms with Crippen LogP contribution in [0, 0.1) is 6.92 Å². The number of piperazine rings is 1. The molecule has 18 heavy (non-hydrogen) atoms. The van der Waals surface area contributed by atoms with Crippen LogP contribution in [-0.4, -0.2) is 60.2 Å². The van der Waals surface area contributed by atoms with Gasteiger partial charge in [-0.15, -0.1) is 0 Å². The Hall–Kier alpha value is -0.970. The molecule has 2 fully saturated rings. The van der Waals surface area contributed by atoms with Gasteiger partial charge >= 0.3 is 0 Å². The molecule has 0 bridgehead atoms. The van der Waals surface area contributed by atoms with E-state index in [-0.39, 0.29) is 0 Å². The number of hydrogen-bond acceptors (Lipinski definition) is 4. The minimum atomic E-state index is 0.688. The third-order valence-electron chi connectivity index (χ3n) is 3.92. The largest absolute Gasteiger partial charge is 0.378 e. The van der Waals surface area contributed by atoms with Crippen LogP contribution in [-0.2, 0) is 11.3 Å². The minimum Gasteiger partial charge on any atom is -0.378 e. The second-order valence-electron chi connectivity index (χ2n) is 5.31. The molecule has 1 aromatic heterocycles. The monoisotopic (exact) mass is 247 g/mol. The van der Waals surface area contributed by atoms with E-state index >= 15 is 0 Å². The van der Waals surface area contributed by atoms with Crippen molar-refractivity contribution in [2.75, 3.05) is 39.4 Å². The zero-order valence-electron chi connectivity index (χ0n) is 11.0. The summed E-state index contributed by atoms with van der Waals surface area (Å²) in [5.41, 5.74) is 2.41. The molecule has 0 radical (unpaired) electrons. The third-order valence-corrected chi connectivity index (χ3v) is 3.92. The van der Waals surface area contributed by atoms with Gasteiger partial charge in [0.2, 0.25) is 0 Å². The van der Waals surface area contributed by atoms with Gasteiger partial charge in [-0.25, -0.2) is 0 Å². The lowest BCUT2D eigenvalue weighted by atomic mass is 10.1. The molecule has 4 nitrogen and oxygen atoms in total. The van der Waals surface area contributed by atoms with Gasteiger partial charge in [-0.2, -0.15) is 0 Å². The van der Waals surface area contributed by atoms with Gasteiger partial charge < -0.3 is 4.74 Å². The Balaban J connectivity index is 1.48. The van der Waals surface area contributed by atoms with E-state index in [0.717, 1.165) is 38.5 Å². The summed E-state index contributed by atoms with van der Waals surface area (Å²) in [4.78, 5) is 9.44. The van der Waals surface area contributed by atoms with Crippen molar-refractivity contribution >= 4 is 0 Å². The Morgan fingerprint density at radius 2 is 2.00 bits per heavy atom. The highest BCUT2D eigenvalue weighted by molar-refractivity contribution is 5.13. The van der Waals surface area contributed by atoms with Crippen molar-refractivity contribution < 1.29 is 4.74 Å². The third kappa shape index (κ3) is 2.71. The van der Waals surface area contributed by atoms with E-state index < -0.39 is 0 Å². The fourth-order valence-electron chi connectivity index (χ4n) is 2.57. The minimum absolute atomic E-state index is 0.688. The van der Waals surface area contributed by atoms with Gasteiger partial charge in [-0.05, 0) is 18.6 Å². The second-order valence-corrected chi connectivity index (χ2v) is 5.31. The quantitative estimate of drug-likeness (QED) is 0.794. The molecule has 98 valence electrons. The molecular formula is C14H21N3O. The Morgan fingerprint density at radius 3 is 2.56 bits per heavy atom. The highest BCUT2D eigenvalue weighted by Gasteiger charge is 2.28. The maximum atomic E-state index is 5.26. The Morgan fingerprint density at radius 1 is 1.22 bits per heavy atom. The van der Waals surface area contributed by atoms with Crippen LogP contribution in [0.3, 0.4) is 0 Å². The normalized spacial score (nSPS) is 22.9. The van der Waals surface area contributed by atoms with Crippen LogP contribution in [0.4, 0.5) is 0 Å². The molecular weight excluding hydrogens is 226 g/mol. The molecule has 1 aromatic rings. The highest BCUT2D eigenvalue weighted by atomic mass is 16.5. The first-order valence-corrected chi connectivity index (χ1v) is 6.77. The number of aromatic nitrogens is 1. The lowest BCUT2D eigenvalue weighted by Gasteiger charge is -2.42. The van der Waals surface area contributed by atoms with Gasteiger partial charge in [0.1, 0.15) is 0 Å². The van der Waals surface area contributed by atoms with E-state index in [2.05, 4.69) is 26.9 Å². The molecule has 3 rings (SSSR count). The van der Waals surface area contributed by atoms with Crippen molar-refractivity contribution in [2.24, 2.45) is 0 Å². The number of hydrogen-bond donors (Lipinski definition) is 0. The van der Waals surface area contributed by atoms with Gasteiger partial charge in [-0.3, -0.25) is 14.8 Å². The number of nitrogens with zero attached hydrogens (tertiary/aromatic N) is 3. The van der Waals surface area contributed by atoms with Gasteiger partial charge in [0, 0.05) is 44.6 Å². The van der Waals surface area contributed by atoms with Crippen LogP contribution in [0.2, 0.25) is 0 Å². The predicted molar refractivity (Wildman–Crippen MR) is 70.4 cm³/mol. The van der Waals surface area contributed by atoms with Crippen LogP contribution in [0.25, 0.3) is 0 Å². The van der Waals surface area contributed by atoms with E-state index in [0.29, 0.717) is 6.04 Å². The molecule has 0 unspecified atom stereocenters. The van der Waals surface area contributed by atoms with Crippen molar-refractivity contribution in [3.8, 4) is 0 Å². The van der Waals surface area contributed by atoms with E-state index in [4.69, 9.17) is 4.74 Å². The van der Waals surface area contributed by atoms with E-state index in [1.165, 1.54) is 18.7 Å². The lowest BCUT2D eigenvalue weighted by Crippen LogP contribution is -2.56. The maximum absolute atomic E-state index is 5.26. The van der Waals surface area contributed by atoms with E-state index in [9.17, 15) is 0 Å². The first-order valence-electron chi connectivity index (χ1n) is 6.77. The Labute approximate surface area is 109 Å². The van der Waals surface area contributed by atoms with E-state index in [1.54, 1.807) is 0 Å². The van der Waals surface area contributed by atoms with Crippen molar-refractivity contribution in [3.05, 3.63) is 29.6 Å². The van der Waals surface area contributed by atoms with Gasteiger partial charge in [-0.1, -0.05) is 6.07 Å². The van der Waals surface area contributed by atoms with Gasteiger partial charge in [0.15, 0.2) is 0 Å². The average Bonchev–Trinajstić information content (AvgIpc) is 2.32. The number of ether oxygens (including phenoxy) is 1. The van der Waals surface area contributed by atoms with Crippen molar-refractivity contribution in [2.45, 2.75) is 19.5 Å². The highest BCUT2D eigenvalue weighted by Crippen LogP contribution is 2.14. The zero-order valence-corrected chi connectivity index (χ0v) is 11.0. The Bertz CT molecular complexity index is 381. The fourth-order valence-corrected chi connectivity index (χ4v) is 2.57. The van der Waals surface area contributed by atoms with Crippen LogP contribution in [0.5, 0.6) is 0 Å². The molecule has 4 heteroatoms. The summed E-state index contributed by atoms with van der Waals surface area (Å²) in [5.74, 6) is 0. The second kappa shape index (κ2) is 5.34. The molecule has 2 saturated heterocycles. The summed E-state index contributed by atoms with van der Waals surface area (Å²) >= 11 is 0. The average molecular weight is 247 g/mol. The summed E-state index contributed by atoms with van der Waals surface area (Å²) in [6, 6.07) is 4.97. The van der Waals surface area contributed by atoms with Crippen LogP contribution < -0.4 is 0 Å². The molecule has 0 spiro atoms. The van der Waals surface area contributed by atoms with Crippen molar-refractivity contribution in [3.63, 3.8) is 0 Å². The first kappa shape index (κ1) is 12.1. The number of aryl methyl sites for hydroxylation is 1. The van der Waals surface area contributed by atoms with Crippen molar-refractivity contribution in [1.82, 2.24) is 14.8 Å².